The van der Waals surface area contributed by atoms with Crippen LogP contribution < -0.4 is 30.7 Å². The van der Waals surface area contributed by atoms with Crippen LogP contribution in [0, 0.1) is 27.7 Å². The number of nitrogens with one attached hydrogen (secondary N) is 6. The molecule has 12 N–H and O–H groups in total. The van der Waals surface area contributed by atoms with Crippen molar-refractivity contribution in [3.05, 3.63) is 155 Å². The molecule has 0 unspecified atom stereocenters. The fourth-order valence-corrected chi connectivity index (χ4v) is 14.9. The molecule has 476 valence electrons. The van der Waals surface area contributed by atoms with E-state index in [0.29, 0.717) is 24.3 Å². The van der Waals surface area contributed by atoms with Crippen molar-refractivity contribution in [2.45, 2.75) is 66.9 Å². The second kappa shape index (κ2) is 23.7. The zero-order valence-corrected chi connectivity index (χ0v) is 52.3. The number of rotatable bonds is 18. The summed E-state index contributed by atoms with van der Waals surface area (Å²) in [4.78, 5) is 32.7. The number of carbonyl (C=O) groups excluding carboxylic acids is 3. The van der Waals surface area contributed by atoms with E-state index in [2.05, 4.69) is 21.3 Å². The largest absolute Gasteiger partial charge is 0.355 e. The van der Waals surface area contributed by atoms with Crippen LogP contribution in [-0.4, -0.2) is 113 Å². The Morgan fingerprint density at radius 3 is 0.956 bits per heavy atom. The van der Waals surface area contributed by atoms with Crippen molar-refractivity contribution in [2.24, 2.45) is 0 Å². The van der Waals surface area contributed by atoms with E-state index in [1.807, 2.05) is 0 Å². The molecule has 31 nitrogen and oxygen atoms in total. The predicted octanol–water partition coefficient (Wildman–Crippen LogP) is 6.08. The van der Waals surface area contributed by atoms with Gasteiger partial charge < -0.3 is 21.3 Å². The molecule has 0 bridgehead atoms. The lowest BCUT2D eigenvalue weighted by atomic mass is 10.1. The van der Waals surface area contributed by atoms with Crippen LogP contribution in [0.1, 0.15) is 43.0 Å². The molecule has 0 spiro atoms. The highest BCUT2D eigenvalue weighted by Crippen LogP contribution is 2.41. The summed E-state index contributed by atoms with van der Waals surface area (Å²) >= 11 is 0. The lowest BCUT2D eigenvalue weighted by molar-refractivity contribution is 0.101. The van der Waals surface area contributed by atoms with Crippen LogP contribution >= 0.6 is 0 Å². The van der Waals surface area contributed by atoms with E-state index in [9.17, 15) is 109 Å². The van der Waals surface area contributed by atoms with Gasteiger partial charge in [-0.15, -0.1) is 0 Å². The van der Waals surface area contributed by atoms with Crippen molar-refractivity contribution >= 4 is 154 Å². The van der Waals surface area contributed by atoms with E-state index >= 15 is 0 Å². The standard InChI is InChI=1S/C51H44N6O25S8/c1-25-5-9-29(52-39-13-15-43(87(71,72)73)37-19-33(85(65,66)67)23-45(47(37)39)89(77,78)79)17-35(25)49(58)54-41-21-31(11-7-27(41)3)83(61,62)56-51(60)57-84(63,64)32-12-8-28(4)42(22-32)55-50(59)36-18-30(10-6-26(36)2)53-40-14-16-44(88(74,75)76)38-20-34(86(68,69)70)24-46(48(38)40)90(80,81)82/h5-24,52-53H,1-4H3,(H,54,58)(H,55,59)(H2,56,57,60)(H,65,66,67)(H,68,69,70)(H,71,72,73)(H,74,75,76)(H,77,78,79)(H,80,81,82). The third kappa shape index (κ3) is 14.5. The van der Waals surface area contributed by atoms with E-state index in [-0.39, 0.29) is 67.5 Å². The van der Waals surface area contributed by atoms with E-state index < -0.39 is 159 Å². The molecule has 8 aromatic carbocycles. The zero-order chi connectivity index (χ0) is 67.0. The maximum absolute atomic E-state index is 13.9. The second-order valence-electron chi connectivity index (χ2n) is 19.5. The maximum atomic E-state index is 13.9. The maximum Gasteiger partial charge on any atom is 0.342 e. The summed E-state index contributed by atoms with van der Waals surface area (Å²) in [6.07, 6.45) is 0. The Bertz CT molecular complexity index is 5120. The molecule has 4 amide bonds. The van der Waals surface area contributed by atoms with Crippen LogP contribution in [0.2, 0.25) is 0 Å². The summed E-state index contributed by atoms with van der Waals surface area (Å²) in [5, 5.41) is 7.52. The number of amides is 4. The lowest BCUT2D eigenvalue weighted by Crippen LogP contribution is -2.42. The van der Waals surface area contributed by atoms with Crippen molar-refractivity contribution in [3.63, 3.8) is 0 Å². The number of sulfonamides is 2. The minimum absolute atomic E-state index is 0.0400. The highest BCUT2D eigenvalue weighted by atomic mass is 32.2. The first kappa shape index (κ1) is 67.4. The Morgan fingerprint density at radius 2 is 0.644 bits per heavy atom. The molecule has 0 aliphatic carbocycles. The number of anilines is 6. The van der Waals surface area contributed by atoms with Crippen molar-refractivity contribution in [3.8, 4) is 0 Å². The van der Waals surface area contributed by atoms with Crippen LogP contribution in [0.4, 0.5) is 38.9 Å². The van der Waals surface area contributed by atoms with Crippen LogP contribution in [0.15, 0.2) is 160 Å². The fraction of sp³-hybridized carbons (Fsp3) is 0.0784. The summed E-state index contributed by atoms with van der Waals surface area (Å²) in [6, 6.07) is 17.3. The number of hydrogen-bond donors (Lipinski definition) is 12. The van der Waals surface area contributed by atoms with Crippen molar-refractivity contribution < 1.29 is 109 Å². The number of benzene rings is 8. The molecular weight excluding hydrogens is 1350 g/mol. The number of hydrogen-bond acceptors (Lipinski definition) is 21. The normalized spacial score (nSPS) is 12.7. The average molecular weight is 1400 g/mol. The zero-order valence-electron chi connectivity index (χ0n) is 45.8. The first-order valence-electron chi connectivity index (χ1n) is 24.5. The Morgan fingerprint density at radius 1 is 0.322 bits per heavy atom. The van der Waals surface area contributed by atoms with E-state index in [0.717, 1.165) is 48.5 Å². The van der Waals surface area contributed by atoms with E-state index in [1.54, 1.807) is 9.44 Å². The smallest absolute Gasteiger partial charge is 0.342 e. The Hall–Kier alpha value is -8.55. The van der Waals surface area contributed by atoms with Crippen LogP contribution in [0.3, 0.4) is 0 Å². The summed E-state index contributed by atoms with van der Waals surface area (Å²) < 4.78 is 265. The number of aryl methyl sites for hydroxylation is 4. The third-order valence-corrected chi connectivity index (χ3v) is 21.1. The van der Waals surface area contributed by atoms with Gasteiger partial charge >= 0.3 is 6.03 Å². The number of urea groups is 1. The molecule has 0 aliphatic heterocycles. The summed E-state index contributed by atoms with van der Waals surface area (Å²) in [5.74, 6) is -1.83. The molecule has 39 heteroatoms. The van der Waals surface area contributed by atoms with Gasteiger partial charge in [0, 0.05) is 66.8 Å². The Balaban J connectivity index is 0.993. The number of fused-ring (bicyclic) bond motifs is 2. The molecule has 0 aliphatic rings. The quantitative estimate of drug-likeness (QED) is 0.0433. The van der Waals surface area contributed by atoms with Crippen molar-refractivity contribution in [2.75, 3.05) is 21.3 Å². The van der Waals surface area contributed by atoms with Gasteiger partial charge in [-0.25, -0.2) is 31.1 Å². The second-order valence-corrected chi connectivity index (χ2v) is 31.2. The van der Waals surface area contributed by atoms with Gasteiger partial charge in [0.1, 0.15) is 19.6 Å². The fourth-order valence-electron chi connectivity index (χ4n) is 8.92. The third-order valence-electron chi connectivity index (χ3n) is 13.2. The molecule has 0 radical (unpaired) electrons. The summed E-state index contributed by atoms with van der Waals surface area (Å²) in [5.41, 5.74) is -0.357. The molecule has 0 saturated carbocycles. The highest BCUT2D eigenvalue weighted by molar-refractivity contribution is 7.91. The minimum Gasteiger partial charge on any atom is -0.355 e. The van der Waals surface area contributed by atoms with Gasteiger partial charge in [0.05, 0.1) is 19.6 Å². The van der Waals surface area contributed by atoms with Crippen LogP contribution in [0.5, 0.6) is 0 Å². The number of carbonyl (C=O) groups is 3. The van der Waals surface area contributed by atoms with Crippen LogP contribution in [-0.2, 0) is 80.8 Å². The average Bonchev–Trinajstić information content (AvgIpc) is 3.35. The predicted molar refractivity (Wildman–Crippen MR) is 320 cm³/mol. The summed E-state index contributed by atoms with van der Waals surface area (Å²) in [6.45, 7) is 5.84. The van der Waals surface area contributed by atoms with Crippen molar-refractivity contribution in [1.82, 2.24) is 9.44 Å². The topological polar surface area (TPSA) is 518 Å². The van der Waals surface area contributed by atoms with Gasteiger partial charge in [-0.3, -0.25) is 36.9 Å². The van der Waals surface area contributed by atoms with Gasteiger partial charge in [0.25, 0.3) is 92.6 Å². The van der Waals surface area contributed by atoms with Gasteiger partial charge in [-0.05, 0) is 147 Å². The summed E-state index contributed by atoms with van der Waals surface area (Å²) in [7, 11) is -41.9. The van der Waals surface area contributed by atoms with Gasteiger partial charge in [-0.2, -0.15) is 50.5 Å². The molecular formula is C51H44N6O25S8. The Kier molecular flexibility index (Phi) is 17.7. The van der Waals surface area contributed by atoms with Gasteiger partial charge in [0.2, 0.25) is 0 Å². The van der Waals surface area contributed by atoms with Crippen LogP contribution in [0.25, 0.3) is 21.5 Å². The first-order valence-corrected chi connectivity index (χ1v) is 36.1. The van der Waals surface area contributed by atoms with E-state index in [1.165, 1.54) is 76.2 Å². The lowest BCUT2D eigenvalue weighted by Gasteiger charge is -2.17. The highest BCUT2D eigenvalue weighted by Gasteiger charge is 2.31. The first-order chi connectivity index (χ1) is 41.2. The van der Waals surface area contributed by atoms with E-state index in [4.69, 9.17) is 0 Å². The molecule has 0 atom stereocenters. The van der Waals surface area contributed by atoms with Gasteiger partial charge in [0.15, 0.2) is 0 Å². The Labute approximate surface area is 512 Å². The monoisotopic (exact) mass is 1400 g/mol. The molecule has 0 heterocycles. The SMILES string of the molecule is Cc1ccc(S(=O)(=O)NC(=O)NS(=O)(=O)c2ccc(C)c(NC(=O)c3cc(Nc4ccc(S(=O)(=O)O)c5cc(S(=O)(=O)O)cc(S(=O)(=O)O)c45)ccc3C)c2)cc1NC(=O)c1cc(Nc2ccc(S(=O)(=O)O)c3cc(S(=O)(=O)O)cc(S(=O)(=O)O)c23)ccc1C. The molecule has 8 rings (SSSR count). The molecule has 0 aromatic heterocycles. The minimum atomic E-state index is -5.43. The van der Waals surface area contributed by atoms with Gasteiger partial charge in [-0.1, -0.05) is 24.3 Å². The van der Waals surface area contributed by atoms with Crippen molar-refractivity contribution in [1.29, 1.82) is 0 Å². The molecule has 90 heavy (non-hydrogen) atoms. The molecule has 8 aromatic rings. The molecule has 0 saturated heterocycles. The molecule has 0 fully saturated rings.